The summed E-state index contributed by atoms with van der Waals surface area (Å²) in [6.45, 7) is 7.97. The SMILES string of the molecule is CC1(C)OB(C(=Cc2cccs2)CO)OC1(C)C. The second-order valence-corrected chi connectivity index (χ2v) is 6.46. The van der Waals surface area contributed by atoms with Crippen molar-refractivity contribution in [1.82, 2.24) is 0 Å². The van der Waals surface area contributed by atoms with Crippen LogP contribution in [0, 0.1) is 0 Å². The van der Waals surface area contributed by atoms with Gasteiger partial charge in [-0.1, -0.05) is 6.07 Å². The fourth-order valence-electron chi connectivity index (χ4n) is 1.74. The average molecular weight is 266 g/mol. The Balaban J connectivity index is 2.22. The number of aliphatic hydroxyl groups is 1. The molecule has 1 N–H and O–H groups in total. The summed E-state index contributed by atoms with van der Waals surface area (Å²) in [6.07, 6.45) is 1.94. The van der Waals surface area contributed by atoms with Crippen molar-refractivity contribution in [1.29, 1.82) is 0 Å². The van der Waals surface area contributed by atoms with Gasteiger partial charge in [0, 0.05) is 4.88 Å². The monoisotopic (exact) mass is 266 g/mol. The van der Waals surface area contributed by atoms with E-state index in [1.807, 2.05) is 51.3 Å². The Hall–Kier alpha value is -0.615. The highest BCUT2D eigenvalue weighted by atomic mass is 32.1. The maximum Gasteiger partial charge on any atom is 0.492 e. The smallest absolute Gasteiger partial charge is 0.400 e. The van der Waals surface area contributed by atoms with Crippen LogP contribution in [0.1, 0.15) is 32.6 Å². The van der Waals surface area contributed by atoms with Crippen LogP contribution < -0.4 is 0 Å². The Morgan fingerprint density at radius 3 is 2.39 bits per heavy atom. The van der Waals surface area contributed by atoms with Crippen LogP contribution >= 0.6 is 11.3 Å². The van der Waals surface area contributed by atoms with Crippen molar-refractivity contribution in [2.75, 3.05) is 6.61 Å². The van der Waals surface area contributed by atoms with Crippen molar-refractivity contribution in [3.05, 3.63) is 27.9 Å². The summed E-state index contributed by atoms with van der Waals surface area (Å²) in [7, 11) is -0.470. The molecule has 0 bridgehead atoms. The maximum absolute atomic E-state index is 9.50. The maximum atomic E-state index is 9.50. The first kappa shape index (κ1) is 13.8. The molecular weight excluding hydrogens is 247 g/mol. The molecule has 1 aromatic heterocycles. The Morgan fingerprint density at radius 2 is 1.94 bits per heavy atom. The van der Waals surface area contributed by atoms with Gasteiger partial charge in [-0.15, -0.1) is 11.3 Å². The topological polar surface area (TPSA) is 38.7 Å². The van der Waals surface area contributed by atoms with Gasteiger partial charge in [-0.25, -0.2) is 0 Å². The molecule has 2 rings (SSSR count). The summed E-state index contributed by atoms with van der Waals surface area (Å²) in [5, 5.41) is 11.5. The molecule has 0 aromatic carbocycles. The molecule has 0 spiro atoms. The number of hydrogen-bond donors (Lipinski definition) is 1. The predicted octanol–water partition coefficient (Wildman–Crippen LogP) is 2.76. The van der Waals surface area contributed by atoms with Crippen LogP contribution in [0.5, 0.6) is 0 Å². The van der Waals surface area contributed by atoms with Crippen molar-refractivity contribution in [2.45, 2.75) is 38.9 Å². The van der Waals surface area contributed by atoms with Crippen LogP contribution in [0.4, 0.5) is 0 Å². The molecule has 0 amide bonds. The van der Waals surface area contributed by atoms with Crippen molar-refractivity contribution < 1.29 is 14.4 Å². The van der Waals surface area contributed by atoms with Crippen LogP contribution in [-0.2, 0) is 9.31 Å². The quantitative estimate of drug-likeness (QED) is 0.855. The van der Waals surface area contributed by atoms with E-state index in [1.165, 1.54) is 0 Å². The molecule has 0 atom stereocenters. The lowest BCUT2D eigenvalue weighted by Gasteiger charge is -2.32. The third-order valence-electron chi connectivity index (χ3n) is 3.61. The molecule has 0 radical (unpaired) electrons. The van der Waals surface area contributed by atoms with E-state index in [9.17, 15) is 5.11 Å². The van der Waals surface area contributed by atoms with Crippen LogP contribution in [0.2, 0.25) is 0 Å². The van der Waals surface area contributed by atoms with Crippen LogP contribution in [-0.4, -0.2) is 30.0 Å². The summed E-state index contributed by atoms with van der Waals surface area (Å²) in [5.74, 6) is 0. The number of thiophene rings is 1. The average Bonchev–Trinajstić information content (AvgIpc) is 2.82. The van der Waals surface area contributed by atoms with E-state index >= 15 is 0 Å². The van der Waals surface area contributed by atoms with Gasteiger partial charge in [0.25, 0.3) is 0 Å². The van der Waals surface area contributed by atoms with Crippen LogP contribution in [0.25, 0.3) is 6.08 Å². The highest BCUT2D eigenvalue weighted by Crippen LogP contribution is 2.38. The van der Waals surface area contributed by atoms with Gasteiger partial charge in [0.1, 0.15) is 0 Å². The zero-order valence-corrected chi connectivity index (χ0v) is 12.1. The predicted molar refractivity (Wildman–Crippen MR) is 75.5 cm³/mol. The first-order chi connectivity index (χ1) is 8.36. The van der Waals surface area contributed by atoms with Gasteiger partial charge >= 0.3 is 7.12 Å². The molecule has 3 nitrogen and oxygen atoms in total. The fourth-order valence-corrected chi connectivity index (χ4v) is 2.43. The minimum Gasteiger partial charge on any atom is -0.400 e. The summed E-state index contributed by atoms with van der Waals surface area (Å²) in [4.78, 5) is 1.09. The first-order valence-corrected chi connectivity index (χ1v) is 6.94. The van der Waals surface area contributed by atoms with Gasteiger partial charge in [-0.05, 0) is 50.7 Å². The van der Waals surface area contributed by atoms with Crippen LogP contribution in [0.15, 0.2) is 23.0 Å². The Bertz CT molecular complexity index is 421. The Morgan fingerprint density at radius 1 is 1.33 bits per heavy atom. The largest absolute Gasteiger partial charge is 0.492 e. The molecule has 1 aliphatic heterocycles. The normalized spacial score (nSPS) is 22.5. The first-order valence-electron chi connectivity index (χ1n) is 6.06. The van der Waals surface area contributed by atoms with E-state index in [2.05, 4.69) is 0 Å². The third kappa shape index (κ3) is 2.54. The molecule has 0 saturated carbocycles. The van der Waals surface area contributed by atoms with Crippen molar-refractivity contribution >= 4 is 24.5 Å². The lowest BCUT2D eigenvalue weighted by molar-refractivity contribution is 0.00578. The van der Waals surface area contributed by atoms with Gasteiger partial charge in [0.05, 0.1) is 17.8 Å². The van der Waals surface area contributed by atoms with E-state index < -0.39 is 7.12 Å². The summed E-state index contributed by atoms with van der Waals surface area (Å²) >= 11 is 1.63. The highest BCUT2D eigenvalue weighted by Gasteiger charge is 2.52. The molecule has 0 aliphatic carbocycles. The number of rotatable bonds is 3. The standard InChI is InChI=1S/C13H19BO3S/c1-12(2)13(3,4)17-14(16-12)10(9-15)8-11-6-5-7-18-11/h5-8,15H,9H2,1-4H3. The summed E-state index contributed by atoms with van der Waals surface area (Å²) in [5.41, 5.74) is 0.0130. The number of aliphatic hydroxyl groups excluding tert-OH is 1. The van der Waals surface area contributed by atoms with E-state index in [-0.39, 0.29) is 17.8 Å². The zero-order valence-electron chi connectivity index (χ0n) is 11.3. The molecule has 5 heteroatoms. The van der Waals surface area contributed by atoms with E-state index in [4.69, 9.17) is 9.31 Å². The van der Waals surface area contributed by atoms with E-state index in [0.717, 1.165) is 10.3 Å². The van der Waals surface area contributed by atoms with Crippen molar-refractivity contribution in [2.24, 2.45) is 0 Å². The van der Waals surface area contributed by atoms with E-state index in [1.54, 1.807) is 11.3 Å². The highest BCUT2D eigenvalue weighted by molar-refractivity contribution is 7.10. The molecule has 1 fully saturated rings. The summed E-state index contributed by atoms with van der Waals surface area (Å²) in [6, 6.07) is 3.99. The lowest BCUT2D eigenvalue weighted by Crippen LogP contribution is -2.41. The van der Waals surface area contributed by atoms with Crippen LogP contribution in [0.3, 0.4) is 0 Å². The fraction of sp³-hybridized carbons (Fsp3) is 0.538. The minimum atomic E-state index is -0.470. The summed E-state index contributed by atoms with van der Waals surface area (Å²) < 4.78 is 11.8. The molecule has 0 unspecified atom stereocenters. The van der Waals surface area contributed by atoms with Gasteiger partial charge in [-0.3, -0.25) is 0 Å². The molecule has 1 saturated heterocycles. The van der Waals surface area contributed by atoms with E-state index in [0.29, 0.717) is 0 Å². The molecule has 1 aromatic rings. The van der Waals surface area contributed by atoms with Crippen molar-refractivity contribution in [3.8, 4) is 0 Å². The lowest BCUT2D eigenvalue weighted by atomic mass is 9.78. The Kier molecular flexibility index (Phi) is 3.69. The molecule has 18 heavy (non-hydrogen) atoms. The second kappa shape index (κ2) is 4.81. The van der Waals surface area contributed by atoms with Crippen molar-refractivity contribution in [3.63, 3.8) is 0 Å². The minimum absolute atomic E-state index is 0.0608. The molecular formula is C13H19BO3S. The van der Waals surface area contributed by atoms with Gasteiger partial charge in [0.15, 0.2) is 0 Å². The number of hydrogen-bond acceptors (Lipinski definition) is 4. The van der Waals surface area contributed by atoms with Gasteiger partial charge in [-0.2, -0.15) is 0 Å². The Labute approximate surface area is 113 Å². The second-order valence-electron chi connectivity index (χ2n) is 5.48. The third-order valence-corrected chi connectivity index (χ3v) is 4.43. The molecule has 2 heterocycles. The zero-order chi connectivity index (χ0) is 13.4. The van der Waals surface area contributed by atoms with Gasteiger partial charge in [0.2, 0.25) is 0 Å². The van der Waals surface area contributed by atoms with Gasteiger partial charge < -0.3 is 14.4 Å². The molecule has 1 aliphatic rings. The molecule has 98 valence electrons.